The molecule has 0 saturated carbocycles. The van der Waals surface area contributed by atoms with Crippen molar-refractivity contribution < 1.29 is 21.9 Å². The van der Waals surface area contributed by atoms with E-state index < -0.39 is 43.5 Å². The number of para-hydroxylation sites is 1. The van der Waals surface area contributed by atoms with Gasteiger partial charge in [0, 0.05) is 0 Å². The molecule has 0 unspecified atom stereocenters. The molecular weight excluding hydrogens is 386 g/mol. The first-order chi connectivity index (χ1) is 12.6. The molecule has 0 amide bonds. The summed E-state index contributed by atoms with van der Waals surface area (Å²) in [5.74, 6) is -0.594. The Labute approximate surface area is 160 Å². The molecule has 1 saturated heterocycles. The maximum Gasteiger partial charge on any atom is 0.264 e. The van der Waals surface area contributed by atoms with Crippen LogP contribution in [0.5, 0.6) is 0 Å². The Morgan fingerprint density at radius 3 is 2.07 bits per heavy atom. The number of aliphatic hydroxyl groups excluding tert-OH is 1. The molecule has 2 aromatic rings. The molecule has 2 aromatic carbocycles. The van der Waals surface area contributed by atoms with Crippen molar-refractivity contribution in [3.05, 3.63) is 60.2 Å². The second-order valence-electron chi connectivity index (χ2n) is 7.07. The number of hydrogen-bond donors (Lipinski definition) is 1. The summed E-state index contributed by atoms with van der Waals surface area (Å²) < 4.78 is 51.8. The lowest BCUT2D eigenvalue weighted by Gasteiger charge is -2.31. The zero-order valence-electron chi connectivity index (χ0n) is 15.2. The zero-order valence-corrected chi connectivity index (χ0v) is 16.8. The van der Waals surface area contributed by atoms with Gasteiger partial charge in [-0.05, 0) is 35.7 Å². The molecule has 0 aromatic heterocycles. The van der Waals surface area contributed by atoms with Crippen LogP contribution in [0.15, 0.2) is 59.5 Å². The number of anilines is 1. The summed E-state index contributed by atoms with van der Waals surface area (Å²) in [5.41, 5.74) is 1.33. The normalized spacial score (nSPS) is 22.1. The lowest BCUT2D eigenvalue weighted by Crippen LogP contribution is -2.47. The summed E-state index contributed by atoms with van der Waals surface area (Å²) in [5, 5.41) is 10.3. The van der Waals surface area contributed by atoms with Crippen LogP contribution in [0.3, 0.4) is 0 Å². The Hall–Kier alpha value is -1.90. The highest BCUT2D eigenvalue weighted by Gasteiger charge is 2.45. The van der Waals surface area contributed by atoms with Gasteiger partial charge in [0.1, 0.15) is 0 Å². The Bertz CT molecular complexity index is 1000. The van der Waals surface area contributed by atoms with Gasteiger partial charge in [-0.2, -0.15) is 0 Å². The summed E-state index contributed by atoms with van der Waals surface area (Å²) in [6, 6.07) is 13.8. The molecule has 6 nitrogen and oxygen atoms in total. The van der Waals surface area contributed by atoms with E-state index in [4.69, 9.17) is 0 Å². The highest BCUT2D eigenvalue weighted by Crippen LogP contribution is 2.31. The number of benzene rings is 2. The fourth-order valence-electron chi connectivity index (χ4n) is 3.26. The number of aliphatic hydroxyl groups is 1. The minimum atomic E-state index is -4.05. The standard InChI is InChI=1S/C19H23NO5S2/c1-14(2)15-8-10-17(11-9-15)27(24,25)20(16-6-4-3-5-7-16)18-12-26(22,23)13-19(18)21/h3-11,14,18-19,21H,12-13H2,1-2H3/t18-,19-/m0/s1. The van der Waals surface area contributed by atoms with Crippen LogP contribution in [0.4, 0.5) is 5.69 Å². The molecule has 8 heteroatoms. The van der Waals surface area contributed by atoms with Crippen molar-refractivity contribution >= 4 is 25.5 Å². The van der Waals surface area contributed by atoms with Crippen molar-refractivity contribution in [1.29, 1.82) is 0 Å². The minimum absolute atomic E-state index is 0.0623. The minimum Gasteiger partial charge on any atom is -0.390 e. The summed E-state index contributed by atoms with van der Waals surface area (Å²) in [7, 11) is -7.57. The van der Waals surface area contributed by atoms with Crippen LogP contribution in [0.2, 0.25) is 0 Å². The monoisotopic (exact) mass is 409 g/mol. The SMILES string of the molecule is CC(C)c1ccc(S(=O)(=O)N(c2ccccc2)[C@H]2CS(=O)(=O)C[C@@H]2O)cc1. The quantitative estimate of drug-likeness (QED) is 0.817. The van der Waals surface area contributed by atoms with E-state index in [1.165, 1.54) is 12.1 Å². The van der Waals surface area contributed by atoms with Crippen LogP contribution >= 0.6 is 0 Å². The molecular formula is C19H23NO5S2. The molecule has 1 aliphatic heterocycles. The Balaban J connectivity index is 2.10. The highest BCUT2D eigenvalue weighted by molar-refractivity contribution is 7.93. The summed E-state index contributed by atoms with van der Waals surface area (Å²) in [6.45, 7) is 4.03. The van der Waals surface area contributed by atoms with Crippen molar-refractivity contribution in [3.63, 3.8) is 0 Å². The number of nitrogens with zero attached hydrogens (tertiary/aromatic N) is 1. The van der Waals surface area contributed by atoms with Gasteiger partial charge < -0.3 is 5.11 Å². The van der Waals surface area contributed by atoms with E-state index in [0.717, 1.165) is 9.87 Å². The van der Waals surface area contributed by atoms with Gasteiger partial charge in [-0.15, -0.1) is 0 Å². The summed E-state index contributed by atoms with van der Waals surface area (Å²) in [4.78, 5) is 0.0623. The third kappa shape index (κ3) is 4.02. The van der Waals surface area contributed by atoms with E-state index in [1.807, 2.05) is 13.8 Å². The maximum absolute atomic E-state index is 13.4. The number of rotatable bonds is 5. The Morgan fingerprint density at radius 2 is 1.59 bits per heavy atom. The molecule has 3 rings (SSSR count). The van der Waals surface area contributed by atoms with Gasteiger partial charge in [0.25, 0.3) is 10.0 Å². The zero-order chi connectivity index (χ0) is 19.8. The van der Waals surface area contributed by atoms with Gasteiger partial charge in [0.2, 0.25) is 0 Å². The van der Waals surface area contributed by atoms with Crippen LogP contribution in [-0.4, -0.2) is 45.6 Å². The second-order valence-corrected chi connectivity index (χ2v) is 11.0. The second kappa shape index (κ2) is 7.26. The summed E-state index contributed by atoms with van der Waals surface area (Å²) in [6.07, 6.45) is -1.28. The molecule has 0 radical (unpaired) electrons. The van der Waals surface area contributed by atoms with Gasteiger partial charge in [0.05, 0.1) is 34.2 Å². The van der Waals surface area contributed by atoms with Crippen LogP contribution in [0.1, 0.15) is 25.3 Å². The van der Waals surface area contributed by atoms with Crippen LogP contribution in [0, 0.1) is 0 Å². The molecule has 1 aliphatic rings. The predicted molar refractivity (Wildman–Crippen MR) is 105 cm³/mol. The van der Waals surface area contributed by atoms with Crippen molar-refractivity contribution in [2.24, 2.45) is 0 Å². The largest absolute Gasteiger partial charge is 0.390 e. The van der Waals surface area contributed by atoms with Gasteiger partial charge in [-0.3, -0.25) is 4.31 Å². The van der Waals surface area contributed by atoms with E-state index in [-0.39, 0.29) is 10.8 Å². The summed E-state index contributed by atoms with van der Waals surface area (Å²) >= 11 is 0. The third-order valence-electron chi connectivity index (χ3n) is 4.71. The van der Waals surface area contributed by atoms with Gasteiger partial charge in [-0.1, -0.05) is 44.2 Å². The molecule has 0 spiro atoms. The molecule has 1 heterocycles. The fourth-order valence-corrected chi connectivity index (χ4v) is 6.80. The van der Waals surface area contributed by atoms with Gasteiger partial charge >= 0.3 is 0 Å². The van der Waals surface area contributed by atoms with Crippen LogP contribution < -0.4 is 4.31 Å². The maximum atomic E-state index is 13.4. The topological polar surface area (TPSA) is 91.8 Å². The van der Waals surface area contributed by atoms with Crippen molar-refractivity contribution in [2.75, 3.05) is 15.8 Å². The number of sulfonamides is 1. The molecule has 2 atom stereocenters. The molecule has 0 bridgehead atoms. The van der Waals surface area contributed by atoms with E-state index in [1.54, 1.807) is 42.5 Å². The smallest absolute Gasteiger partial charge is 0.264 e. The number of sulfone groups is 1. The van der Waals surface area contributed by atoms with E-state index in [0.29, 0.717) is 5.69 Å². The first-order valence-corrected chi connectivity index (χ1v) is 12.0. The van der Waals surface area contributed by atoms with Gasteiger partial charge in [-0.25, -0.2) is 16.8 Å². The van der Waals surface area contributed by atoms with Crippen LogP contribution in [0.25, 0.3) is 0 Å². The Morgan fingerprint density at radius 1 is 1.00 bits per heavy atom. The average Bonchev–Trinajstić information content (AvgIpc) is 2.88. The van der Waals surface area contributed by atoms with Crippen molar-refractivity contribution in [2.45, 2.75) is 36.8 Å². The third-order valence-corrected chi connectivity index (χ3v) is 8.28. The van der Waals surface area contributed by atoms with Gasteiger partial charge in [0.15, 0.2) is 9.84 Å². The lowest BCUT2D eigenvalue weighted by atomic mass is 10.0. The van der Waals surface area contributed by atoms with E-state index in [9.17, 15) is 21.9 Å². The fraction of sp³-hybridized carbons (Fsp3) is 0.368. The molecule has 27 heavy (non-hydrogen) atoms. The highest BCUT2D eigenvalue weighted by atomic mass is 32.2. The predicted octanol–water partition coefficient (Wildman–Crippen LogP) is 2.16. The molecule has 0 aliphatic carbocycles. The van der Waals surface area contributed by atoms with E-state index >= 15 is 0 Å². The lowest BCUT2D eigenvalue weighted by molar-refractivity contribution is 0.184. The van der Waals surface area contributed by atoms with E-state index in [2.05, 4.69) is 0 Å². The van der Waals surface area contributed by atoms with Crippen molar-refractivity contribution in [1.82, 2.24) is 0 Å². The first-order valence-electron chi connectivity index (χ1n) is 8.70. The van der Waals surface area contributed by atoms with Crippen molar-refractivity contribution in [3.8, 4) is 0 Å². The van der Waals surface area contributed by atoms with Crippen LogP contribution in [-0.2, 0) is 19.9 Å². The average molecular weight is 410 g/mol. The number of hydrogen-bond acceptors (Lipinski definition) is 5. The molecule has 146 valence electrons. The molecule has 1 N–H and O–H groups in total. The molecule has 1 fully saturated rings. The first kappa shape index (κ1) is 19.9. The Kier molecular flexibility index (Phi) is 5.33.